The molecule has 1 aliphatic carbocycles. The first-order valence-electron chi connectivity index (χ1n) is 7.88. The largest absolute Gasteiger partial charge is 0.468 e. The van der Waals surface area contributed by atoms with Crippen molar-refractivity contribution in [1.29, 1.82) is 0 Å². The molecule has 5 nitrogen and oxygen atoms in total. The maximum absolute atomic E-state index is 12.2. The molecule has 1 aliphatic rings. The van der Waals surface area contributed by atoms with Crippen LogP contribution in [0.25, 0.3) is 0 Å². The minimum Gasteiger partial charge on any atom is -0.468 e. The van der Waals surface area contributed by atoms with Gasteiger partial charge in [-0.15, -0.1) is 0 Å². The van der Waals surface area contributed by atoms with Gasteiger partial charge in [0.15, 0.2) is 0 Å². The highest BCUT2D eigenvalue weighted by molar-refractivity contribution is 5.82. The van der Waals surface area contributed by atoms with E-state index in [0.717, 1.165) is 19.3 Å². The Bertz CT molecular complexity index is 343. The Labute approximate surface area is 128 Å². The second-order valence-corrected chi connectivity index (χ2v) is 6.45. The highest BCUT2D eigenvalue weighted by atomic mass is 16.5. The molecule has 2 unspecified atom stereocenters. The van der Waals surface area contributed by atoms with Crippen molar-refractivity contribution in [2.24, 2.45) is 11.8 Å². The van der Waals surface area contributed by atoms with Gasteiger partial charge in [-0.05, 0) is 24.7 Å². The van der Waals surface area contributed by atoms with Crippen molar-refractivity contribution in [3.8, 4) is 0 Å². The van der Waals surface area contributed by atoms with Crippen molar-refractivity contribution in [3.05, 3.63) is 0 Å². The van der Waals surface area contributed by atoms with Gasteiger partial charge >= 0.3 is 5.97 Å². The van der Waals surface area contributed by atoms with Gasteiger partial charge in [-0.25, -0.2) is 0 Å². The van der Waals surface area contributed by atoms with Gasteiger partial charge < -0.3 is 14.4 Å². The summed E-state index contributed by atoms with van der Waals surface area (Å²) in [4.78, 5) is 25.2. The van der Waals surface area contributed by atoms with Crippen LogP contribution in [0.15, 0.2) is 0 Å². The van der Waals surface area contributed by atoms with Gasteiger partial charge in [-0.2, -0.15) is 0 Å². The number of amides is 1. The SMILES string of the molecule is COC(=O)CN(CC(C)C)C(=O)COC1CCCC(C)C1. The van der Waals surface area contributed by atoms with Crippen LogP contribution in [-0.2, 0) is 19.1 Å². The van der Waals surface area contributed by atoms with E-state index < -0.39 is 5.97 Å². The molecular formula is C16H29NO4. The highest BCUT2D eigenvalue weighted by Crippen LogP contribution is 2.25. The van der Waals surface area contributed by atoms with E-state index in [1.807, 2.05) is 13.8 Å². The average Bonchev–Trinajstić information content (AvgIpc) is 2.43. The van der Waals surface area contributed by atoms with E-state index in [1.54, 1.807) is 0 Å². The van der Waals surface area contributed by atoms with Crippen LogP contribution in [-0.4, -0.2) is 49.7 Å². The molecule has 5 heteroatoms. The first-order chi connectivity index (χ1) is 9.92. The third kappa shape index (κ3) is 6.93. The summed E-state index contributed by atoms with van der Waals surface area (Å²) in [7, 11) is 1.33. The number of esters is 1. The van der Waals surface area contributed by atoms with Crippen molar-refractivity contribution in [3.63, 3.8) is 0 Å². The number of rotatable bonds is 7. The molecule has 0 aromatic carbocycles. The lowest BCUT2D eigenvalue weighted by Crippen LogP contribution is -2.41. The molecule has 1 amide bonds. The van der Waals surface area contributed by atoms with E-state index in [2.05, 4.69) is 11.7 Å². The Morgan fingerprint density at radius 1 is 1.29 bits per heavy atom. The summed E-state index contributed by atoms with van der Waals surface area (Å²) in [6, 6.07) is 0. The van der Waals surface area contributed by atoms with Crippen molar-refractivity contribution < 1.29 is 19.1 Å². The Balaban J connectivity index is 2.45. The fourth-order valence-corrected chi connectivity index (χ4v) is 2.73. The molecule has 0 aliphatic heterocycles. The number of hydrogen-bond acceptors (Lipinski definition) is 4. The summed E-state index contributed by atoms with van der Waals surface area (Å²) in [5, 5.41) is 0. The van der Waals surface area contributed by atoms with E-state index >= 15 is 0 Å². The number of ether oxygens (including phenoxy) is 2. The van der Waals surface area contributed by atoms with E-state index in [0.29, 0.717) is 18.4 Å². The predicted octanol–water partition coefficient (Wildman–Crippen LogP) is 2.24. The van der Waals surface area contributed by atoms with Gasteiger partial charge in [0.1, 0.15) is 13.2 Å². The Morgan fingerprint density at radius 2 is 2.00 bits per heavy atom. The van der Waals surface area contributed by atoms with E-state index in [9.17, 15) is 9.59 Å². The lowest BCUT2D eigenvalue weighted by molar-refractivity contribution is -0.150. The number of hydrogen-bond donors (Lipinski definition) is 0. The maximum atomic E-state index is 12.2. The lowest BCUT2D eigenvalue weighted by atomic mass is 9.89. The zero-order chi connectivity index (χ0) is 15.8. The van der Waals surface area contributed by atoms with Gasteiger partial charge in [0.2, 0.25) is 5.91 Å². The Morgan fingerprint density at radius 3 is 2.57 bits per heavy atom. The topological polar surface area (TPSA) is 55.8 Å². The number of nitrogens with zero attached hydrogens (tertiary/aromatic N) is 1. The predicted molar refractivity (Wildman–Crippen MR) is 80.8 cm³/mol. The van der Waals surface area contributed by atoms with E-state index in [-0.39, 0.29) is 25.2 Å². The molecule has 0 spiro atoms. The lowest BCUT2D eigenvalue weighted by Gasteiger charge is -2.28. The molecular weight excluding hydrogens is 270 g/mol. The zero-order valence-corrected chi connectivity index (χ0v) is 13.8. The number of carbonyl (C=O) groups is 2. The minimum atomic E-state index is -0.393. The molecule has 0 aromatic heterocycles. The first-order valence-corrected chi connectivity index (χ1v) is 7.88. The minimum absolute atomic E-state index is 0.00204. The molecule has 0 N–H and O–H groups in total. The van der Waals surface area contributed by atoms with Gasteiger partial charge in [0, 0.05) is 6.54 Å². The normalized spacial score (nSPS) is 22.1. The molecule has 21 heavy (non-hydrogen) atoms. The summed E-state index contributed by atoms with van der Waals surface area (Å²) in [6.07, 6.45) is 4.64. The van der Waals surface area contributed by atoms with Gasteiger partial charge in [0.25, 0.3) is 0 Å². The maximum Gasteiger partial charge on any atom is 0.325 e. The molecule has 0 radical (unpaired) electrons. The van der Waals surface area contributed by atoms with Crippen molar-refractivity contribution in [1.82, 2.24) is 4.90 Å². The third-order valence-corrected chi connectivity index (χ3v) is 3.82. The number of carbonyl (C=O) groups excluding carboxylic acids is 2. The standard InChI is InChI=1S/C16H29NO4/c1-12(2)9-17(10-16(19)20-4)15(18)11-21-14-7-5-6-13(3)8-14/h12-14H,5-11H2,1-4H3. The molecule has 0 heterocycles. The summed E-state index contributed by atoms with van der Waals surface area (Å²) in [5.41, 5.74) is 0. The molecule has 0 saturated heterocycles. The molecule has 0 aromatic rings. The number of methoxy groups -OCH3 is 1. The van der Waals surface area contributed by atoms with Crippen LogP contribution < -0.4 is 0 Å². The smallest absolute Gasteiger partial charge is 0.325 e. The summed E-state index contributed by atoms with van der Waals surface area (Å²) in [5.74, 6) is 0.441. The molecule has 0 bridgehead atoms. The van der Waals surface area contributed by atoms with Crippen LogP contribution in [0.3, 0.4) is 0 Å². The van der Waals surface area contributed by atoms with Crippen LogP contribution in [0.4, 0.5) is 0 Å². The van der Waals surface area contributed by atoms with Crippen LogP contribution >= 0.6 is 0 Å². The first kappa shape index (κ1) is 18.0. The quantitative estimate of drug-likeness (QED) is 0.677. The second kappa shape index (κ2) is 9.03. The van der Waals surface area contributed by atoms with Crippen molar-refractivity contribution in [2.75, 3.05) is 26.8 Å². The van der Waals surface area contributed by atoms with Crippen molar-refractivity contribution in [2.45, 2.75) is 52.6 Å². The average molecular weight is 299 g/mol. The van der Waals surface area contributed by atoms with Crippen LogP contribution in [0.1, 0.15) is 46.5 Å². The fraction of sp³-hybridized carbons (Fsp3) is 0.875. The van der Waals surface area contributed by atoms with Gasteiger partial charge in [0.05, 0.1) is 13.2 Å². The fourth-order valence-electron chi connectivity index (χ4n) is 2.73. The summed E-state index contributed by atoms with van der Waals surface area (Å²) < 4.78 is 10.4. The van der Waals surface area contributed by atoms with Gasteiger partial charge in [-0.1, -0.05) is 33.6 Å². The molecule has 1 saturated carbocycles. The van der Waals surface area contributed by atoms with E-state index in [4.69, 9.17) is 4.74 Å². The van der Waals surface area contributed by atoms with Crippen LogP contribution in [0, 0.1) is 11.8 Å². The van der Waals surface area contributed by atoms with Gasteiger partial charge in [-0.3, -0.25) is 9.59 Å². The molecule has 1 rings (SSSR count). The summed E-state index contributed by atoms with van der Waals surface area (Å²) in [6.45, 7) is 6.85. The van der Waals surface area contributed by atoms with Crippen LogP contribution in [0.2, 0.25) is 0 Å². The monoisotopic (exact) mass is 299 g/mol. The zero-order valence-electron chi connectivity index (χ0n) is 13.8. The van der Waals surface area contributed by atoms with Crippen molar-refractivity contribution >= 4 is 11.9 Å². The highest BCUT2D eigenvalue weighted by Gasteiger charge is 2.23. The Hall–Kier alpha value is -1.10. The van der Waals surface area contributed by atoms with E-state index in [1.165, 1.54) is 18.4 Å². The third-order valence-electron chi connectivity index (χ3n) is 3.82. The Kier molecular flexibility index (Phi) is 7.72. The molecule has 1 fully saturated rings. The molecule has 2 atom stereocenters. The second-order valence-electron chi connectivity index (χ2n) is 6.45. The molecule has 122 valence electrons. The summed E-state index contributed by atoms with van der Waals surface area (Å²) >= 11 is 0. The van der Waals surface area contributed by atoms with Crippen LogP contribution in [0.5, 0.6) is 0 Å².